The third-order valence-corrected chi connectivity index (χ3v) is 3.75. The Morgan fingerprint density at radius 1 is 1.04 bits per heavy atom. The van der Waals surface area contributed by atoms with E-state index in [1.165, 1.54) is 6.20 Å². The predicted molar refractivity (Wildman–Crippen MR) is 97.1 cm³/mol. The Morgan fingerprint density at radius 2 is 1.77 bits per heavy atom. The highest BCUT2D eigenvalue weighted by atomic mass is 16.5. The van der Waals surface area contributed by atoms with Crippen LogP contribution >= 0.6 is 0 Å². The number of H-pyrrole nitrogens is 1. The van der Waals surface area contributed by atoms with E-state index in [4.69, 9.17) is 4.74 Å². The van der Waals surface area contributed by atoms with E-state index in [9.17, 15) is 9.59 Å². The minimum absolute atomic E-state index is 0.128. The Hall–Kier alpha value is -3.61. The van der Waals surface area contributed by atoms with E-state index in [-0.39, 0.29) is 17.5 Å². The number of nitrogens with one attached hydrogen (secondary N) is 3. The van der Waals surface area contributed by atoms with E-state index < -0.39 is 0 Å². The van der Waals surface area contributed by atoms with Crippen molar-refractivity contribution in [3.8, 4) is 5.75 Å². The minimum Gasteiger partial charge on any atom is -0.497 e. The molecule has 0 aliphatic heterocycles. The van der Waals surface area contributed by atoms with Gasteiger partial charge in [0.25, 0.3) is 11.8 Å². The Bertz CT molecular complexity index is 889. The van der Waals surface area contributed by atoms with Crippen LogP contribution < -0.4 is 15.4 Å². The van der Waals surface area contributed by atoms with Crippen LogP contribution in [-0.4, -0.2) is 29.1 Å². The van der Waals surface area contributed by atoms with Crippen LogP contribution in [0.3, 0.4) is 0 Å². The number of amides is 2. The molecule has 1 heterocycles. The molecule has 0 atom stereocenters. The summed E-state index contributed by atoms with van der Waals surface area (Å²) in [6.45, 7) is 0.373. The van der Waals surface area contributed by atoms with Gasteiger partial charge in [0.15, 0.2) is 5.69 Å². The monoisotopic (exact) mass is 350 g/mol. The zero-order chi connectivity index (χ0) is 18.4. The van der Waals surface area contributed by atoms with Crippen molar-refractivity contribution in [2.24, 2.45) is 0 Å². The molecule has 0 saturated carbocycles. The predicted octanol–water partition coefficient (Wildman–Crippen LogP) is 2.60. The number of aromatic nitrogens is 2. The molecular formula is C19H18N4O3. The Balaban J connectivity index is 1.65. The van der Waals surface area contributed by atoms with Crippen molar-refractivity contribution >= 4 is 17.5 Å². The summed E-state index contributed by atoms with van der Waals surface area (Å²) in [4.78, 5) is 24.7. The average Bonchev–Trinajstić information content (AvgIpc) is 3.15. The van der Waals surface area contributed by atoms with Crippen molar-refractivity contribution in [3.63, 3.8) is 0 Å². The first-order valence-corrected chi connectivity index (χ1v) is 7.98. The van der Waals surface area contributed by atoms with Gasteiger partial charge in [-0.1, -0.05) is 30.3 Å². The molecule has 0 bridgehead atoms. The Morgan fingerprint density at radius 3 is 2.46 bits per heavy atom. The van der Waals surface area contributed by atoms with Crippen molar-refractivity contribution in [1.82, 2.24) is 15.5 Å². The van der Waals surface area contributed by atoms with E-state index >= 15 is 0 Å². The largest absolute Gasteiger partial charge is 0.497 e. The molecule has 2 amide bonds. The molecule has 132 valence electrons. The summed E-state index contributed by atoms with van der Waals surface area (Å²) in [5, 5.41) is 12.0. The van der Waals surface area contributed by atoms with E-state index in [0.29, 0.717) is 23.5 Å². The number of aromatic amines is 1. The summed E-state index contributed by atoms with van der Waals surface area (Å²) in [6, 6.07) is 16.2. The van der Waals surface area contributed by atoms with Gasteiger partial charge in [-0.2, -0.15) is 5.10 Å². The lowest BCUT2D eigenvalue weighted by atomic mass is 10.2. The van der Waals surface area contributed by atoms with Gasteiger partial charge in [0.1, 0.15) is 5.75 Å². The van der Waals surface area contributed by atoms with E-state index in [0.717, 1.165) is 5.56 Å². The normalized spacial score (nSPS) is 10.2. The van der Waals surface area contributed by atoms with Gasteiger partial charge in [0.05, 0.1) is 12.8 Å². The van der Waals surface area contributed by atoms with Gasteiger partial charge in [0.2, 0.25) is 0 Å². The number of anilines is 1. The molecule has 0 unspecified atom stereocenters. The molecular weight excluding hydrogens is 332 g/mol. The zero-order valence-electron chi connectivity index (χ0n) is 14.2. The third kappa shape index (κ3) is 4.07. The van der Waals surface area contributed by atoms with Crippen LogP contribution in [0.5, 0.6) is 5.75 Å². The third-order valence-electron chi connectivity index (χ3n) is 3.75. The zero-order valence-corrected chi connectivity index (χ0v) is 14.2. The van der Waals surface area contributed by atoms with Gasteiger partial charge in [-0.3, -0.25) is 14.7 Å². The molecule has 0 spiro atoms. The van der Waals surface area contributed by atoms with Gasteiger partial charge < -0.3 is 15.4 Å². The maximum absolute atomic E-state index is 12.3. The highest BCUT2D eigenvalue weighted by molar-refractivity contribution is 6.08. The molecule has 0 aliphatic carbocycles. The minimum atomic E-state index is -0.375. The lowest BCUT2D eigenvalue weighted by molar-refractivity contribution is 0.0946. The summed E-state index contributed by atoms with van der Waals surface area (Å²) in [5.74, 6) is -0.0582. The smallest absolute Gasteiger partial charge is 0.274 e. The number of methoxy groups -OCH3 is 1. The maximum Gasteiger partial charge on any atom is 0.274 e. The van der Waals surface area contributed by atoms with Crippen LogP contribution in [0.4, 0.5) is 5.69 Å². The van der Waals surface area contributed by atoms with E-state index in [1.54, 1.807) is 31.4 Å². The summed E-state index contributed by atoms with van der Waals surface area (Å²) >= 11 is 0. The Kier molecular flexibility index (Phi) is 5.28. The quantitative estimate of drug-likeness (QED) is 0.637. The number of ether oxygens (including phenoxy) is 1. The van der Waals surface area contributed by atoms with Gasteiger partial charge >= 0.3 is 0 Å². The van der Waals surface area contributed by atoms with Crippen LogP contribution in [-0.2, 0) is 6.54 Å². The SMILES string of the molecule is COc1ccc(C(=O)Nc2c[nH]nc2C(=O)NCc2ccccc2)cc1. The summed E-state index contributed by atoms with van der Waals surface area (Å²) in [5.41, 5.74) is 1.86. The molecule has 7 nitrogen and oxygen atoms in total. The first-order chi connectivity index (χ1) is 12.7. The van der Waals surface area contributed by atoms with Gasteiger partial charge in [-0.15, -0.1) is 0 Å². The number of carbonyl (C=O) groups excluding carboxylic acids is 2. The fourth-order valence-electron chi connectivity index (χ4n) is 2.36. The van der Waals surface area contributed by atoms with Crippen molar-refractivity contribution < 1.29 is 14.3 Å². The molecule has 0 radical (unpaired) electrons. The van der Waals surface area contributed by atoms with Crippen molar-refractivity contribution in [2.75, 3.05) is 12.4 Å². The fraction of sp³-hybridized carbons (Fsp3) is 0.105. The summed E-state index contributed by atoms with van der Waals surface area (Å²) in [6.07, 6.45) is 1.47. The second-order valence-corrected chi connectivity index (χ2v) is 5.50. The number of hydrogen-bond acceptors (Lipinski definition) is 4. The number of hydrogen-bond donors (Lipinski definition) is 3. The van der Waals surface area contributed by atoms with Crippen molar-refractivity contribution in [3.05, 3.63) is 77.6 Å². The highest BCUT2D eigenvalue weighted by Gasteiger charge is 2.17. The second kappa shape index (κ2) is 7.98. The van der Waals surface area contributed by atoms with E-state index in [1.807, 2.05) is 30.3 Å². The van der Waals surface area contributed by atoms with Gasteiger partial charge in [-0.25, -0.2) is 0 Å². The van der Waals surface area contributed by atoms with E-state index in [2.05, 4.69) is 20.8 Å². The van der Waals surface area contributed by atoms with Gasteiger partial charge in [0, 0.05) is 18.3 Å². The summed E-state index contributed by atoms with van der Waals surface area (Å²) < 4.78 is 5.07. The maximum atomic E-state index is 12.3. The van der Waals surface area contributed by atoms with Crippen LogP contribution in [0.2, 0.25) is 0 Å². The standard InChI is InChI=1S/C19H18N4O3/c1-26-15-9-7-14(8-10-15)18(24)22-16-12-21-23-17(16)19(25)20-11-13-5-3-2-4-6-13/h2-10,12H,11H2,1H3,(H,20,25)(H,21,23)(H,22,24). The first-order valence-electron chi connectivity index (χ1n) is 7.98. The summed E-state index contributed by atoms with van der Waals surface area (Å²) in [7, 11) is 1.56. The molecule has 2 aromatic carbocycles. The molecule has 3 aromatic rings. The van der Waals surface area contributed by atoms with Crippen LogP contribution in [0.25, 0.3) is 0 Å². The topological polar surface area (TPSA) is 96.1 Å². The van der Waals surface area contributed by atoms with Crippen LogP contribution in [0.1, 0.15) is 26.4 Å². The molecule has 26 heavy (non-hydrogen) atoms. The fourth-order valence-corrected chi connectivity index (χ4v) is 2.36. The van der Waals surface area contributed by atoms with Crippen molar-refractivity contribution in [2.45, 2.75) is 6.54 Å². The molecule has 0 fully saturated rings. The number of benzene rings is 2. The lowest BCUT2D eigenvalue weighted by Gasteiger charge is -2.07. The number of nitrogens with zero attached hydrogens (tertiary/aromatic N) is 1. The Labute approximate surface area is 150 Å². The highest BCUT2D eigenvalue weighted by Crippen LogP contribution is 2.16. The molecule has 0 saturated heterocycles. The molecule has 3 rings (SSSR count). The molecule has 7 heteroatoms. The molecule has 0 aliphatic rings. The lowest BCUT2D eigenvalue weighted by Crippen LogP contribution is -2.25. The molecule has 1 aromatic heterocycles. The van der Waals surface area contributed by atoms with Crippen LogP contribution in [0.15, 0.2) is 60.8 Å². The number of rotatable bonds is 6. The van der Waals surface area contributed by atoms with Crippen molar-refractivity contribution in [1.29, 1.82) is 0 Å². The first kappa shape index (κ1) is 17.2. The molecule has 3 N–H and O–H groups in total. The van der Waals surface area contributed by atoms with Crippen LogP contribution in [0, 0.1) is 0 Å². The number of carbonyl (C=O) groups is 2. The second-order valence-electron chi connectivity index (χ2n) is 5.50. The van der Waals surface area contributed by atoms with Gasteiger partial charge in [-0.05, 0) is 29.8 Å². The average molecular weight is 350 g/mol.